The Hall–Kier alpha value is -2.88. The summed E-state index contributed by atoms with van der Waals surface area (Å²) in [7, 11) is 1.16. The van der Waals surface area contributed by atoms with Crippen LogP contribution in [0, 0.1) is 28.9 Å². The van der Waals surface area contributed by atoms with E-state index in [0.717, 1.165) is 13.2 Å². The number of carbonyl (C=O) groups is 2. The molecule has 7 heteroatoms. The molecular formula is C12H10N2O5. The number of carbonyl (C=O) groups excluding carboxylic acids is 2. The number of ether oxygens (including phenoxy) is 1. The van der Waals surface area contributed by atoms with Crippen molar-refractivity contribution >= 4 is 17.6 Å². The first kappa shape index (κ1) is 14.2. The van der Waals surface area contributed by atoms with Crippen molar-refractivity contribution in [2.75, 3.05) is 7.11 Å². The van der Waals surface area contributed by atoms with Crippen LogP contribution in [0.3, 0.4) is 0 Å². The van der Waals surface area contributed by atoms with Crippen LogP contribution in [-0.4, -0.2) is 23.9 Å². The summed E-state index contributed by atoms with van der Waals surface area (Å²) in [5.74, 6) is 2.80. The van der Waals surface area contributed by atoms with Crippen LogP contribution < -0.4 is 5.73 Å². The summed E-state index contributed by atoms with van der Waals surface area (Å²) >= 11 is 0. The molecule has 1 rings (SSSR count). The van der Waals surface area contributed by atoms with Crippen LogP contribution in [0.15, 0.2) is 12.1 Å². The lowest BCUT2D eigenvalue weighted by Gasteiger charge is -2.05. The minimum atomic E-state index is -0.872. The quantitative estimate of drug-likeness (QED) is 0.361. The second-order valence-corrected chi connectivity index (χ2v) is 3.53. The van der Waals surface area contributed by atoms with Crippen LogP contribution in [0.25, 0.3) is 0 Å². The summed E-state index contributed by atoms with van der Waals surface area (Å²) in [5.41, 5.74) is 4.90. The molecule has 98 valence electrons. The second kappa shape index (κ2) is 5.64. The van der Waals surface area contributed by atoms with Gasteiger partial charge in [0.05, 0.1) is 17.6 Å². The zero-order valence-electron chi connectivity index (χ0n) is 10.2. The molecule has 0 fully saturated rings. The van der Waals surface area contributed by atoms with E-state index >= 15 is 0 Å². The van der Waals surface area contributed by atoms with Gasteiger partial charge in [0.2, 0.25) is 0 Å². The summed E-state index contributed by atoms with van der Waals surface area (Å²) in [6.45, 7) is 1.43. The third-order valence-electron chi connectivity index (χ3n) is 2.31. The molecule has 0 radical (unpaired) electrons. The average Bonchev–Trinajstić information content (AvgIpc) is 2.36. The normalized spacial score (nSPS) is 9.16. The lowest BCUT2D eigenvalue weighted by Crippen LogP contribution is -2.08. The number of nitrogens with two attached hydrogens (primary N) is 1. The Morgan fingerprint density at radius 3 is 2.53 bits per heavy atom. The summed E-state index contributed by atoms with van der Waals surface area (Å²) < 4.78 is 4.53. The Balaban J connectivity index is 3.49. The number of nitro benzene ring substituents is 1. The molecule has 0 saturated carbocycles. The Morgan fingerprint density at radius 1 is 1.42 bits per heavy atom. The molecule has 0 heterocycles. The number of esters is 1. The number of primary amides is 1. The lowest BCUT2D eigenvalue weighted by molar-refractivity contribution is -0.385. The van der Waals surface area contributed by atoms with Crippen molar-refractivity contribution in [3.63, 3.8) is 0 Å². The van der Waals surface area contributed by atoms with E-state index in [0.29, 0.717) is 0 Å². The van der Waals surface area contributed by atoms with Crippen molar-refractivity contribution < 1.29 is 19.2 Å². The molecule has 1 aromatic rings. The van der Waals surface area contributed by atoms with Crippen LogP contribution in [0.2, 0.25) is 0 Å². The van der Waals surface area contributed by atoms with Crippen molar-refractivity contribution in [3.8, 4) is 11.8 Å². The van der Waals surface area contributed by atoms with E-state index in [4.69, 9.17) is 5.73 Å². The Labute approximate surface area is 108 Å². The van der Waals surface area contributed by atoms with Crippen molar-refractivity contribution in [2.24, 2.45) is 5.73 Å². The first-order valence-corrected chi connectivity index (χ1v) is 5.05. The summed E-state index contributed by atoms with van der Waals surface area (Å²) in [4.78, 5) is 32.3. The Kier molecular flexibility index (Phi) is 4.21. The molecular weight excluding hydrogens is 252 g/mol. The molecule has 0 atom stereocenters. The fourth-order valence-electron chi connectivity index (χ4n) is 1.42. The van der Waals surface area contributed by atoms with Gasteiger partial charge in [-0.15, -0.1) is 0 Å². The van der Waals surface area contributed by atoms with Gasteiger partial charge in [0.25, 0.3) is 11.6 Å². The zero-order chi connectivity index (χ0) is 14.6. The first-order valence-electron chi connectivity index (χ1n) is 5.05. The van der Waals surface area contributed by atoms with Crippen molar-refractivity contribution in [3.05, 3.63) is 38.9 Å². The highest BCUT2D eigenvalue weighted by Gasteiger charge is 2.20. The summed E-state index contributed by atoms with van der Waals surface area (Å²) in [6.07, 6.45) is 0. The van der Waals surface area contributed by atoms with Gasteiger partial charge >= 0.3 is 5.97 Å². The number of nitrogens with zero attached hydrogens (tertiary/aromatic N) is 1. The molecule has 1 aromatic carbocycles. The van der Waals surface area contributed by atoms with Crippen LogP contribution in [0.4, 0.5) is 5.69 Å². The Bertz CT molecular complexity index is 625. The summed E-state index contributed by atoms with van der Waals surface area (Å²) in [6, 6.07) is 2.47. The van der Waals surface area contributed by atoms with Crippen LogP contribution >= 0.6 is 0 Å². The van der Waals surface area contributed by atoms with Crippen molar-refractivity contribution in [1.29, 1.82) is 0 Å². The molecule has 0 spiro atoms. The highest BCUT2D eigenvalue weighted by molar-refractivity contribution is 5.94. The SMILES string of the molecule is COC(=O)c1cc(C#CC(N)=O)cc([N+](=O)[O-])c1C. The number of nitro groups is 1. The molecule has 19 heavy (non-hydrogen) atoms. The molecule has 0 bridgehead atoms. The number of amides is 1. The smallest absolute Gasteiger partial charge is 0.338 e. The maximum atomic E-state index is 11.5. The monoisotopic (exact) mass is 262 g/mol. The van der Waals surface area contributed by atoms with Gasteiger partial charge in [0.1, 0.15) is 0 Å². The van der Waals surface area contributed by atoms with Crippen molar-refractivity contribution in [1.82, 2.24) is 0 Å². The van der Waals surface area contributed by atoms with E-state index in [9.17, 15) is 19.7 Å². The molecule has 0 saturated heterocycles. The topological polar surface area (TPSA) is 113 Å². The van der Waals surface area contributed by atoms with Gasteiger partial charge < -0.3 is 10.5 Å². The maximum absolute atomic E-state index is 11.5. The first-order chi connectivity index (χ1) is 8.86. The van der Waals surface area contributed by atoms with Gasteiger partial charge in [-0.25, -0.2) is 4.79 Å². The lowest BCUT2D eigenvalue weighted by atomic mass is 10.0. The van der Waals surface area contributed by atoms with Gasteiger partial charge in [-0.1, -0.05) is 5.92 Å². The summed E-state index contributed by atoms with van der Waals surface area (Å²) in [5, 5.41) is 10.9. The molecule has 2 N–H and O–H groups in total. The van der Waals surface area contributed by atoms with E-state index in [1.807, 2.05) is 5.92 Å². The zero-order valence-corrected chi connectivity index (χ0v) is 10.2. The van der Waals surface area contributed by atoms with E-state index in [1.165, 1.54) is 13.0 Å². The Morgan fingerprint density at radius 2 is 2.05 bits per heavy atom. The highest BCUT2D eigenvalue weighted by atomic mass is 16.6. The largest absolute Gasteiger partial charge is 0.465 e. The molecule has 1 amide bonds. The molecule has 0 aliphatic carbocycles. The molecule has 0 unspecified atom stereocenters. The number of hydrogen-bond acceptors (Lipinski definition) is 5. The van der Waals surface area contributed by atoms with Gasteiger partial charge in [-0.05, 0) is 18.9 Å². The molecule has 0 aromatic heterocycles. The van der Waals surface area contributed by atoms with Crippen LogP contribution in [0.5, 0.6) is 0 Å². The minimum Gasteiger partial charge on any atom is -0.465 e. The van der Waals surface area contributed by atoms with Gasteiger partial charge in [-0.3, -0.25) is 14.9 Å². The van der Waals surface area contributed by atoms with Gasteiger partial charge in [0.15, 0.2) is 0 Å². The van der Waals surface area contributed by atoms with Gasteiger partial charge in [-0.2, -0.15) is 0 Å². The van der Waals surface area contributed by atoms with E-state index in [-0.39, 0.29) is 22.4 Å². The number of rotatable bonds is 2. The van der Waals surface area contributed by atoms with E-state index < -0.39 is 16.8 Å². The maximum Gasteiger partial charge on any atom is 0.338 e. The third kappa shape index (κ3) is 3.29. The fourth-order valence-corrected chi connectivity index (χ4v) is 1.42. The van der Waals surface area contributed by atoms with E-state index in [2.05, 4.69) is 10.7 Å². The predicted molar refractivity (Wildman–Crippen MR) is 65.2 cm³/mol. The van der Waals surface area contributed by atoms with E-state index in [1.54, 1.807) is 0 Å². The molecule has 0 aliphatic rings. The van der Waals surface area contributed by atoms with Gasteiger partial charge in [0, 0.05) is 17.2 Å². The number of hydrogen-bond donors (Lipinski definition) is 1. The fraction of sp³-hybridized carbons (Fsp3) is 0.167. The third-order valence-corrected chi connectivity index (χ3v) is 2.31. The van der Waals surface area contributed by atoms with Crippen LogP contribution in [-0.2, 0) is 9.53 Å². The van der Waals surface area contributed by atoms with Crippen LogP contribution in [0.1, 0.15) is 21.5 Å². The second-order valence-electron chi connectivity index (χ2n) is 3.53. The molecule has 0 aliphatic heterocycles. The molecule has 7 nitrogen and oxygen atoms in total. The average molecular weight is 262 g/mol. The highest BCUT2D eigenvalue weighted by Crippen LogP contribution is 2.24. The number of benzene rings is 1. The van der Waals surface area contributed by atoms with Crippen molar-refractivity contribution in [2.45, 2.75) is 6.92 Å². The predicted octanol–water partition coefficient (Wildman–Crippen LogP) is 0.527. The standard InChI is InChI=1S/C12H10N2O5/c1-7-9(12(16)19-2)5-8(3-4-11(13)15)6-10(7)14(17)18/h5-6H,1-2H3,(H2,13,15). The minimum absolute atomic E-state index is 0.0190. The number of methoxy groups -OCH3 is 1.